The molecular formula is C11H23NO. The van der Waals surface area contributed by atoms with E-state index in [4.69, 9.17) is 4.74 Å². The van der Waals surface area contributed by atoms with Crippen molar-refractivity contribution in [3.8, 4) is 0 Å². The molecule has 1 N–H and O–H groups in total. The van der Waals surface area contributed by atoms with Crippen LogP contribution in [0.1, 0.15) is 40.0 Å². The van der Waals surface area contributed by atoms with Gasteiger partial charge in [0, 0.05) is 19.3 Å². The van der Waals surface area contributed by atoms with E-state index in [1.807, 2.05) is 13.8 Å². The topological polar surface area (TPSA) is 21.3 Å². The first-order valence-electron chi connectivity index (χ1n) is 5.65. The Hall–Kier alpha value is -0.0800. The summed E-state index contributed by atoms with van der Waals surface area (Å²) >= 11 is 0. The lowest BCUT2D eigenvalue weighted by Gasteiger charge is -2.36. The standard InChI is InChI=1S/C9H17NO.C2H6/c1-8-9(2-5-10-8)3-6-11-7-4-9;1-2/h8,10H,2-7H2,1H3;1-2H3. The average molecular weight is 185 g/mol. The molecule has 1 spiro atoms. The highest BCUT2D eigenvalue weighted by molar-refractivity contribution is 4.95. The molecule has 1 atom stereocenters. The molecule has 2 fully saturated rings. The molecule has 2 saturated heterocycles. The molecule has 0 bridgehead atoms. The first kappa shape index (κ1) is 11.0. The van der Waals surface area contributed by atoms with Crippen molar-refractivity contribution in [2.45, 2.75) is 46.1 Å². The van der Waals surface area contributed by atoms with Crippen molar-refractivity contribution in [3.05, 3.63) is 0 Å². The predicted molar refractivity (Wildman–Crippen MR) is 55.9 cm³/mol. The molecule has 0 amide bonds. The van der Waals surface area contributed by atoms with E-state index in [9.17, 15) is 0 Å². The Morgan fingerprint density at radius 1 is 1.15 bits per heavy atom. The molecule has 2 heteroatoms. The van der Waals surface area contributed by atoms with Crippen molar-refractivity contribution in [1.29, 1.82) is 0 Å². The van der Waals surface area contributed by atoms with E-state index in [-0.39, 0.29) is 0 Å². The monoisotopic (exact) mass is 185 g/mol. The van der Waals surface area contributed by atoms with Crippen LogP contribution in [0.3, 0.4) is 0 Å². The van der Waals surface area contributed by atoms with Gasteiger partial charge in [0.25, 0.3) is 0 Å². The molecule has 78 valence electrons. The minimum Gasteiger partial charge on any atom is -0.381 e. The molecule has 0 aliphatic carbocycles. The Morgan fingerprint density at radius 3 is 2.23 bits per heavy atom. The van der Waals surface area contributed by atoms with Gasteiger partial charge in [-0.1, -0.05) is 13.8 Å². The third-order valence-electron chi connectivity index (χ3n) is 3.48. The molecule has 0 saturated carbocycles. The fourth-order valence-corrected chi connectivity index (χ4v) is 2.43. The summed E-state index contributed by atoms with van der Waals surface area (Å²) in [6.07, 6.45) is 3.89. The van der Waals surface area contributed by atoms with Gasteiger partial charge in [0.15, 0.2) is 0 Å². The van der Waals surface area contributed by atoms with Crippen LogP contribution in [0.25, 0.3) is 0 Å². The van der Waals surface area contributed by atoms with Crippen molar-refractivity contribution in [2.24, 2.45) is 5.41 Å². The summed E-state index contributed by atoms with van der Waals surface area (Å²) in [5.74, 6) is 0. The first-order valence-corrected chi connectivity index (χ1v) is 5.65. The second-order valence-electron chi connectivity index (χ2n) is 3.90. The summed E-state index contributed by atoms with van der Waals surface area (Å²) in [5, 5.41) is 3.52. The van der Waals surface area contributed by atoms with E-state index < -0.39 is 0 Å². The van der Waals surface area contributed by atoms with Crippen molar-refractivity contribution in [3.63, 3.8) is 0 Å². The zero-order valence-electron chi connectivity index (χ0n) is 9.23. The molecule has 2 aliphatic heterocycles. The fraction of sp³-hybridized carbons (Fsp3) is 1.00. The normalized spacial score (nSPS) is 31.2. The van der Waals surface area contributed by atoms with Crippen LogP contribution < -0.4 is 5.32 Å². The van der Waals surface area contributed by atoms with Crippen molar-refractivity contribution >= 4 is 0 Å². The lowest BCUT2D eigenvalue weighted by Crippen LogP contribution is -2.38. The maximum absolute atomic E-state index is 5.38. The number of hydrogen-bond donors (Lipinski definition) is 1. The van der Waals surface area contributed by atoms with Gasteiger partial charge in [-0.2, -0.15) is 0 Å². The van der Waals surface area contributed by atoms with Crippen LogP contribution in [-0.2, 0) is 4.74 Å². The van der Waals surface area contributed by atoms with E-state index in [2.05, 4.69) is 12.2 Å². The molecule has 0 aromatic rings. The summed E-state index contributed by atoms with van der Waals surface area (Å²) in [5.41, 5.74) is 0.595. The van der Waals surface area contributed by atoms with E-state index in [0.29, 0.717) is 11.5 Å². The van der Waals surface area contributed by atoms with Gasteiger partial charge in [-0.05, 0) is 38.1 Å². The summed E-state index contributed by atoms with van der Waals surface area (Å²) in [6.45, 7) is 9.48. The highest BCUT2D eigenvalue weighted by atomic mass is 16.5. The lowest BCUT2D eigenvalue weighted by atomic mass is 9.75. The van der Waals surface area contributed by atoms with Crippen LogP contribution in [-0.4, -0.2) is 25.8 Å². The summed E-state index contributed by atoms with van der Waals surface area (Å²) in [6, 6.07) is 0.714. The van der Waals surface area contributed by atoms with Gasteiger partial charge in [0.05, 0.1) is 0 Å². The average Bonchev–Trinajstić information content (AvgIpc) is 2.53. The van der Waals surface area contributed by atoms with Gasteiger partial charge in [-0.15, -0.1) is 0 Å². The zero-order chi connectivity index (χ0) is 9.73. The first-order chi connectivity index (χ1) is 6.33. The van der Waals surface area contributed by atoms with E-state index >= 15 is 0 Å². The second-order valence-corrected chi connectivity index (χ2v) is 3.90. The number of nitrogens with one attached hydrogen (secondary N) is 1. The largest absolute Gasteiger partial charge is 0.381 e. The molecule has 2 aliphatic rings. The minimum absolute atomic E-state index is 0.595. The minimum atomic E-state index is 0.595. The Labute approximate surface area is 82.0 Å². The molecule has 0 aromatic carbocycles. The fourth-order valence-electron chi connectivity index (χ4n) is 2.43. The van der Waals surface area contributed by atoms with Gasteiger partial charge in [-0.25, -0.2) is 0 Å². The van der Waals surface area contributed by atoms with Crippen LogP contribution in [0, 0.1) is 5.41 Å². The molecule has 0 aromatic heterocycles. The SMILES string of the molecule is CC.CC1NCCC12CCOCC2. The van der Waals surface area contributed by atoms with E-state index in [1.165, 1.54) is 25.8 Å². The van der Waals surface area contributed by atoms with Crippen LogP contribution in [0.15, 0.2) is 0 Å². The molecule has 1 unspecified atom stereocenters. The highest BCUT2D eigenvalue weighted by Crippen LogP contribution is 2.40. The summed E-state index contributed by atoms with van der Waals surface area (Å²) in [4.78, 5) is 0. The molecular weight excluding hydrogens is 162 g/mol. The quantitative estimate of drug-likeness (QED) is 0.624. The second kappa shape index (κ2) is 4.97. The number of hydrogen-bond acceptors (Lipinski definition) is 2. The van der Waals surface area contributed by atoms with Gasteiger partial charge >= 0.3 is 0 Å². The van der Waals surface area contributed by atoms with Crippen molar-refractivity contribution in [1.82, 2.24) is 5.32 Å². The van der Waals surface area contributed by atoms with Crippen LogP contribution in [0.2, 0.25) is 0 Å². The lowest BCUT2D eigenvalue weighted by molar-refractivity contribution is 0.0111. The number of rotatable bonds is 0. The summed E-state index contributed by atoms with van der Waals surface area (Å²) in [7, 11) is 0. The highest BCUT2D eigenvalue weighted by Gasteiger charge is 2.40. The Kier molecular flexibility index (Phi) is 4.20. The Morgan fingerprint density at radius 2 is 1.77 bits per heavy atom. The molecule has 2 heterocycles. The molecule has 2 nitrogen and oxygen atoms in total. The van der Waals surface area contributed by atoms with Crippen LogP contribution in [0.5, 0.6) is 0 Å². The van der Waals surface area contributed by atoms with Crippen LogP contribution in [0.4, 0.5) is 0 Å². The van der Waals surface area contributed by atoms with E-state index in [0.717, 1.165) is 13.2 Å². The summed E-state index contributed by atoms with van der Waals surface area (Å²) < 4.78 is 5.38. The zero-order valence-corrected chi connectivity index (χ0v) is 9.23. The molecule has 2 rings (SSSR count). The Balaban J connectivity index is 0.000000396. The molecule has 0 radical (unpaired) electrons. The van der Waals surface area contributed by atoms with Gasteiger partial charge in [-0.3, -0.25) is 0 Å². The van der Waals surface area contributed by atoms with Crippen LogP contribution >= 0.6 is 0 Å². The maximum atomic E-state index is 5.38. The van der Waals surface area contributed by atoms with Crippen molar-refractivity contribution < 1.29 is 4.74 Å². The van der Waals surface area contributed by atoms with Crippen molar-refractivity contribution in [2.75, 3.05) is 19.8 Å². The van der Waals surface area contributed by atoms with Gasteiger partial charge in [0.1, 0.15) is 0 Å². The van der Waals surface area contributed by atoms with Gasteiger partial charge in [0.2, 0.25) is 0 Å². The maximum Gasteiger partial charge on any atom is 0.0471 e. The third kappa shape index (κ3) is 2.23. The smallest absolute Gasteiger partial charge is 0.0471 e. The van der Waals surface area contributed by atoms with Gasteiger partial charge < -0.3 is 10.1 Å². The predicted octanol–water partition coefficient (Wildman–Crippen LogP) is 2.19. The van der Waals surface area contributed by atoms with E-state index in [1.54, 1.807) is 0 Å². The Bertz CT molecular complexity index is 141. The third-order valence-corrected chi connectivity index (χ3v) is 3.48. The number of ether oxygens (including phenoxy) is 1. The molecule has 13 heavy (non-hydrogen) atoms.